The molecule has 1 amide bonds. The first-order valence-corrected chi connectivity index (χ1v) is 9.88. The molecule has 3 unspecified atom stereocenters. The summed E-state index contributed by atoms with van der Waals surface area (Å²) in [6, 6.07) is 15.9. The molecular formula is C20H21ClN2OS. The Morgan fingerprint density at radius 1 is 1.00 bits per heavy atom. The number of carbonyl (C=O) groups excluding carboxylic acids is 1. The minimum absolute atomic E-state index is 0.129. The van der Waals surface area contributed by atoms with E-state index in [1.54, 1.807) is 11.8 Å². The fourth-order valence-corrected chi connectivity index (χ4v) is 4.90. The Morgan fingerprint density at radius 2 is 1.64 bits per heavy atom. The van der Waals surface area contributed by atoms with Gasteiger partial charge in [0.2, 0.25) is 0 Å². The summed E-state index contributed by atoms with van der Waals surface area (Å²) in [7, 11) is 0. The van der Waals surface area contributed by atoms with Gasteiger partial charge < -0.3 is 10.6 Å². The van der Waals surface area contributed by atoms with Crippen molar-refractivity contribution in [2.75, 3.05) is 13.1 Å². The van der Waals surface area contributed by atoms with Crippen molar-refractivity contribution in [2.45, 2.75) is 28.7 Å². The summed E-state index contributed by atoms with van der Waals surface area (Å²) in [5.74, 6) is 1.21. The molecule has 130 valence electrons. The molecule has 0 bridgehead atoms. The lowest BCUT2D eigenvalue weighted by Gasteiger charge is -2.19. The molecule has 1 aliphatic heterocycles. The third-order valence-corrected chi connectivity index (χ3v) is 6.62. The van der Waals surface area contributed by atoms with Crippen molar-refractivity contribution in [3.05, 3.63) is 59.1 Å². The normalized spacial score (nSPS) is 25.2. The highest BCUT2D eigenvalue weighted by Crippen LogP contribution is 2.37. The number of hydrogen-bond acceptors (Lipinski definition) is 3. The van der Waals surface area contributed by atoms with Crippen LogP contribution in [0.5, 0.6) is 0 Å². The highest BCUT2D eigenvalue weighted by Gasteiger charge is 2.42. The third kappa shape index (κ3) is 3.57. The molecule has 5 heteroatoms. The summed E-state index contributed by atoms with van der Waals surface area (Å²) < 4.78 is 0. The lowest BCUT2D eigenvalue weighted by Crippen LogP contribution is -2.33. The zero-order valence-corrected chi connectivity index (χ0v) is 15.5. The SMILES string of the molecule is NC1CCC2CN(C(=O)c3ccc(Sc4ccc(Cl)cc4)cc3)CC12. The number of nitrogens with two attached hydrogens (primary N) is 1. The number of rotatable bonds is 3. The first-order valence-electron chi connectivity index (χ1n) is 8.68. The van der Waals surface area contributed by atoms with E-state index in [1.807, 2.05) is 53.4 Å². The van der Waals surface area contributed by atoms with Gasteiger partial charge in [0.25, 0.3) is 5.91 Å². The maximum atomic E-state index is 12.8. The molecule has 3 nitrogen and oxygen atoms in total. The van der Waals surface area contributed by atoms with Crippen molar-refractivity contribution in [1.29, 1.82) is 0 Å². The van der Waals surface area contributed by atoms with Crippen molar-refractivity contribution in [3.8, 4) is 0 Å². The van der Waals surface area contributed by atoms with Crippen molar-refractivity contribution in [3.63, 3.8) is 0 Å². The highest BCUT2D eigenvalue weighted by molar-refractivity contribution is 7.99. The summed E-state index contributed by atoms with van der Waals surface area (Å²) in [6.07, 6.45) is 2.26. The molecule has 2 aromatic carbocycles. The van der Waals surface area contributed by atoms with E-state index >= 15 is 0 Å². The first kappa shape index (κ1) is 17.0. The number of carbonyl (C=O) groups is 1. The van der Waals surface area contributed by atoms with Crippen LogP contribution in [0, 0.1) is 11.8 Å². The number of halogens is 1. The predicted octanol–water partition coefficient (Wildman–Crippen LogP) is 4.30. The van der Waals surface area contributed by atoms with Crippen LogP contribution in [0.1, 0.15) is 23.2 Å². The Hall–Kier alpha value is -1.49. The number of amides is 1. The molecule has 1 saturated carbocycles. The van der Waals surface area contributed by atoms with Crippen LogP contribution in [0.25, 0.3) is 0 Å². The summed E-state index contributed by atoms with van der Waals surface area (Å²) in [4.78, 5) is 17.0. The van der Waals surface area contributed by atoms with Crippen LogP contribution < -0.4 is 5.73 Å². The van der Waals surface area contributed by atoms with Crippen molar-refractivity contribution in [2.24, 2.45) is 17.6 Å². The van der Waals surface area contributed by atoms with Gasteiger partial charge in [0.1, 0.15) is 0 Å². The van der Waals surface area contributed by atoms with Gasteiger partial charge in [0, 0.05) is 39.5 Å². The number of nitrogens with zero attached hydrogens (tertiary/aromatic N) is 1. The Bertz CT molecular complexity index is 762. The van der Waals surface area contributed by atoms with Crippen LogP contribution in [-0.4, -0.2) is 29.9 Å². The fraction of sp³-hybridized carbons (Fsp3) is 0.350. The summed E-state index contributed by atoms with van der Waals surface area (Å²) in [6.45, 7) is 1.67. The molecule has 0 radical (unpaired) electrons. The molecule has 1 heterocycles. The van der Waals surface area contributed by atoms with Crippen LogP contribution in [0.15, 0.2) is 58.3 Å². The summed E-state index contributed by atoms with van der Waals surface area (Å²) in [5.41, 5.74) is 6.93. The van der Waals surface area contributed by atoms with E-state index in [-0.39, 0.29) is 11.9 Å². The molecule has 2 aliphatic rings. The van der Waals surface area contributed by atoms with Crippen molar-refractivity contribution in [1.82, 2.24) is 4.90 Å². The Balaban J connectivity index is 1.41. The summed E-state index contributed by atoms with van der Waals surface area (Å²) >= 11 is 7.58. The number of benzene rings is 2. The average Bonchev–Trinajstić information content (AvgIpc) is 3.19. The molecule has 2 fully saturated rings. The monoisotopic (exact) mass is 372 g/mol. The molecule has 1 saturated heterocycles. The quantitative estimate of drug-likeness (QED) is 0.873. The van der Waals surface area contributed by atoms with Gasteiger partial charge >= 0.3 is 0 Å². The fourth-order valence-electron chi connectivity index (χ4n) is 3.96. The number of hydrogen-bond donors (Lipinski definition) is 1. The molecule has 0 aromatic heterocycles. The maximum absolute atomic E-state index is 12.8. The van der Waals surface area contributed by atoms with E-state index in [2.05, 4.69) is 0 Å². The molecular weight excluding hydrogens is 352 g/mol. The van der Waals surface area contributed by atoms with Crippen LogP contribution in [0.3, 0.4) is 0 Å². The minimum atomic E-state index is 0.129. The molecule has 1 aliphatic carbocycles. The molecule has 0 spiro atoms. The van der Waals surface area contributed by atoms with Crippen LogP contribution in [-0.2, 0) is 0 Å². The highest BCUT2D eigenvalue weighted by atomic mass is 35.5. The van der Waals surface area contributed by atoms with Gasteiger partial charge in [0.05, 0.1) is 0 Å². The van der Waals surface area contributed by atoms with Crippen LogP contribution in [0.4, 0.5) is 0 Å². The minimum Gasteiger partial charge on any atom is -0.338 e. The Morgan fingerprint density at radius 3 is 2.28 bits per heavy atom. The Kier molecular flexibility index (Phi) is 4.76. The second kappa shape index (κ2) is 7.02. The average molecular weight is 373 g/mol. The van der Waals surface area contributed by atoms with Crippen molar-refractivity contribution >= 4 is 29.3 Å². The van der Waals surface area contributed by atoms with Gasteiger partial charge in [-0.25, -0.2) is 0 Å². The van der Waals surface area contributed by atoms with Gasteiger partial charge in [0.15, 0.2) is 0 Å². The van der Waals surface area contributed by atoms with Gasteiger partial charge in [-0.2, -0.15) is 0 Å². The molecule has 4 rings (SSSR count). The zero-order chi connectivity index (χ0) is 17.4. The van der Waals surface area contributed by atoms with Gasteiger partial charge in [-0.15, -0.1) is 0 Å². The lowest BCUT2D eigenvalue weighted by molar-refractivity contribution is 0.0779. The van der Waals surface area contributed by atoms with Gasteiger partial charge in [-0.3, -0.25) is 4.79 Å². The predicted molar refractivity (Wildman–Crippen MR) is 102 cm³/mol. The second-order valence-corrected chi connectivity index (χ2v) is 8.54. The smallest absolute Gasteiger partial charge is 0.253 e. The molecule has 25 heavy (non-hydrogen) atoms. The maximum Gasteiger partial charge on any atom is 0.253 e. The topological polar surface area (TPSA) is 46.3 Å². The molecule has 2 aromatic rings. The lowest BCUT2D eigenvalue weighted by atomic mass is 9.98. The van der Waals surface area contributed by atoms with Gasteiger partial charge in [-0.05, 0) is 73.2 Å². The van der Waals surface area contributed by atoms with E-state index < -0.39 is 0 Å². The first-order chi connectivity index (χ1) is 12.1. The van der Waals surface area contributed by atoms with Crippen molar-refractivity contribution < 1.29 is 4.79 Å². The van der Waals surface area contributed by atoms with Gasteiger partial charge in [-0.1, -0.05) is 23.4 Å². The van der Waals surface area contributed by atoms with E-state index in [1.165, 1.54) is 0 Å². The second-order valence-electron chi connectivity index (χ2n) is 6.96. The molecule has 2 N–H and O–H groups in total. The van der Waals surface area contributed by atoms with E-state index in [0.29, 0.717) is 11.8 Å². The summed E-state index contributed by atoms with van der Waals surface area (Å²) in [5, 5.41) is 0.736. The van der Waals surface area contributed by atoms with E-state index in [0.717, 1.165) is 46.3 Å². The largest absolute Gasteiger partial charge is 0.338 e. The van der Waals surface area contributed by atoms with Crippen LogP contribution >= 0.6 is 23.4 Å². The van der Waals surface area contributed by atoms with E-state index in [4.69, 9.17) is 17.3 Å². The molecule has 3 atom stereocenters. The Labute approximate surface area is 157 Å². The zero-order valence-electron chi connectivity index (χ0n) is 13.9. The number of likely N-dealkylation sites (tertiary alicyclic amines) is 1. The number of fused-ring (bicyclic) bond motifs is 1. The van der Waals surface area contributed by atoms with Crippen LogP contribution in [0.2, 0.25) is 5.02 Å². The third-order valence-electron chi connectivity index (χ3n) is 5.35. The standard InChI is InChI=1S/C20H21ClN2OS/c21-15-4-8-17(9-5-15)25-16-6-1-13(2-7-16)20(24)23-11-14-3-10-19(22)18(14)12-23/h1-2,4-9,14,18-19H,3,10-12,22H2. The van der Waals surface area contributed by atoms with E-state index in [9.17, 15) is 4.79 Å².